The molecular formula is C17H12ClN3. The van der Waals surface area contributed by atoms with E-state index in [2.05, 4.69) is 33.1 Å². The van der Waals surface area contributed by atoms with Crippen LogP contribution in [-0.4, -0.2) is 14.8 Å². The second kappa shape index (κ2) is 4.57. The van der Waals surface area contributed by atoms with Gasteiger partial charge in [0.05, 0.1) is 0 Å². The van der Waals surface area contributed by atoms with Crippen LogP contribution in [0.2, 0.25) is 5.15 Å². The van der Waals surface area contributed by atoms with Crippen LogP contribution in [0.25, 0.3) is 32.9 Å². The number of hydrogen-bond donors (Lipinski definition) is 0. The number of hydrogen-bond acceptors (Lipinski definition) is 2. The molecule has 0 aliphatic carbocycles. The van der Waals surface area contributed by atoms with E-state index in [4.69, 9.17) is 11.6 Å². The van der Waals surface area contributed by atoms with Crippen LogP contribution in [0.5, 0.6) is 0 Å². The highest BCUT2D eigenvalue weighted by molar-refractivity contribution is 6.34. The summed E-state index contributed by atoms with van der Waals surface area (Å²) in [6.45, 7) is 0. The van der Waals surface area contributed by atoms with Crippen molar-refractivity contribution in [2.75, 3.05) is 0 Å². The number of aromatic nitrogens is 3. The SMILES string of the molecule is Cn1cc(-c2nnc(Cl)c3ccccc23)c2ccccc21. The molecule has 0 fully saturated rings. The van der Waals surface area contributed by atoms with E-state index < -0.39 is 0 Å². The standard InChI is InChI=1S/C17H12ClN3/c1-21-10-14(11-6-4-5-9-15(11)21)16-12-7-2-3-8-13(12)17(18)20-19-16/h2-10H,1H3. The Hall–Kier alpha value is -2.39. The highest BCUT2D eigenvalue weighted by Gasteiger charge is 2.14. The highest BCUT2D eigenvalue weighted by Crippen LogP contribution is 2.34. The summed E-state index contributed by atoms with van der Waals surface area (Å²) in [4.78, 5) is 0. The second-order valence-electron chi connectivity index (χ2n) is 5.06. The first-order valence-corrected chi connectivity index (χ1v) is 7.09. The number of halogens is 1. The number of fused-ring (bicyclic) bond motifs is 2. The van der Waals surface area contributed by atoms with Gasteiger partial charge < -0.3 is 4.57 Å². The molecule has 0 unspecified atom stereocenters. The number of nitrogens with zero attached hydrogens (tertiary/aromatic N) is 3. The second-order valence-corrected chi connectivity index (χ2v) is 5.41. The third-order valence-corrected chi connectivity index (χ3v) is 4.07. The van der Waals surface area contributed by atoms with E-state index in [1.165, 1.54) is 10.9 Å². The molecule has 0 bridgehead atoms. The molecule has 0 saturated carbocycles. The Kier molecular flexibility index (Phi) is 2.69. The van der Waals surface area contributed by atoms with Gasteiger partial charge in [-0.1, -0.05) is 54.1 Å². The van der Waals surface area contributed by atoms with E-state index in [9.17, 15) is 0 Å². The number of para-hydroxylation sites is 1. The molecule has 0 aliphatic heterocycles. The Morgan fingerprint density at radius 2 is 1.52 bits per heavy atom. The minimum Gasteiger partial charge on any atom is -0.350 e. The molecule has 4 aromatic rings. The Morgan fingerprint density at radius 1 is 0.857 bits per heavy atom. The molecule has 0 aliphatic rings. The van der Waals surface area contributed by atoms with E-state index >= 15 is 0 Å². The molecule has 2 aromatic carbocycles. The summed E-state index contributed by atoms with van der Waals surface area (Å²) >= 11 is 6.16. The number of benzene rings is 2. The Labute approximate surface area is 126 Å². The van der Waals surface area contributed by atoms with Crippen LogP contribution in [0, 0.1) is 0 Å². The summed E-state index contributed by atoms with van der Waals surface area (Å²) in [5.74, 6) is 0. The monoisotopic (exact) mass is 293 g/mol. The van der Waals surface area contributed by atoms with Crippen LogP contribution in [0.3, 0.4) is 0 Å². The minimum absolute atomic E-state index is 0.439. The molecule has 3 nitrogen and oxygen atoms in total. The lowest BCUT2D eigenvalue weighted by Crippen LogP contribution is -1.91. The highest BCUT2D eigenvalue weighted by atomic mass is 35.5. The van der Waals surface area contributed by atoms with Crippen LogP contribution in [0.15, 0.2) is 54.7 Å². The molecule has 4 rings (SSSR count). The zero-order chi connectivity index (χ0) is 14.4. The van der Waals surface area contributed by atoms with Crippen molar-refractivity contribution in [1.29, 1.82) is 0 Å². The van der Waals surface area contributed by atoms with Gasteiger partial charge in [0.1, 0.15) is 5.69 Å². The molecule has 2 aromatic heterocycles. The van der Waals surface area contributed by atoms with E-state index in [0.29, 0.717) is 5.15 Å². The van der Waals surface area contributed by atoms with Crippen molar-refractivity contribution in [2.24, 2.45) is 7.05 Å². The molecule has 0 amide bonds. The maximum Gasteiger partial charge on any atom is 0.159 e. The van der Waals surface area contributed by atoms with Crippen LogP contribution in [0.4, 0.5) is 0 Å². The fourth-order valence-electron chi connectivity index (χ4n) is 2.80. The van der Waals surface area contributed by atoms with Crippen molar-refractivity contribution in [1.82, 2.24) is 14.8 Å². The van der Waals surface area contributed by atoms with Crippen LogP contribution >= 0.6 is 11.6 Å². The van der Waals surface area contributed by atoms with Crippen LogP contribution < -0.4 is 0 Å². The van der Waals surface area contributed by atoms with Crippen molar-refractivity contribution in [3.05, 3.63) is 59.9 Å². The quantitative estimate of drug-likeness (QED) is 0.519. The third-order valence-electron chi connectivity index (χ3n) is 3.79. The Bertz CT molecular complexity index is 972. The number of rotatable bonds is 1. The van der Waals surface area contributed by atoms with Gasteiger partial charge in [0.2, 0.25) is 0 Å². The molecule has 0 atom stereocenters. The molecule has 0 saturated heterocycles. The molecule has 0 spiro atoms. The Balaban J connectivity index is 2.12. The van der Waals surface area contributed by atoms with Gasteiger partial charge in [-0.2, -0.15) is 0 Å². The maximum atomic E-state index is 6.16. The lowest BCUT2D eigenvalue weighted by atomic mass is 10.0. The summed E-state index contributed by atoms with van der Waals surface area (Å²) < 4.78 is 2.11. The summed E-state index contributed by atoms with van der Waals surface area (Å²) in [6, 6.07) is 16.3. The normalized spacial score (nSPS) is 11.3. The largest absolute Gasteiger partial charge is 0.350 e. The van der Waals surface area contributed by atoms with Gasteiger partial charge in [-0.05, 0) is 6.07 Å². The van der Waals surface area contributed by atoms with Crippen LogP contribution in [0.1, 0.15) is 0 Å². The summed E-state index contributed by atoms with van der Waals surface area (Å²) in [5.41, 5.74) is 3.12. The van der Waals surface area contributed by atoms with Crippen molar-refractivity contribution < 1.29 is 0 Å². The lowest BCUT2D eigenvalue weighted by molar-refractivity contribution is 0.968. The van der Waals surface area contributed by atoms with Crippen LogP contribution in [-0.2, 0) is 7.05 Å². The molecule has 0 N–H and O–H groups in total. The zero-order valence-electron chi connectivity index (χ0n) is 11.4. The first-order chi connectivity index (χ1) is 10.3. The van der Waals surface area contributed by atoms with Gasteiger partial charge in [-0.15, -0.1) is 10.2 Å². The van der Waals surface area contributed by atoms with E-state index in [1.807, 2.05) is 43.4 Å². The van der Waals surface area contributed by atoms with Gasteiger partial charge in [0, 0.05) is 40.5 Å². The van der Waals surface area contributed by atoms with Gasteiger partial charge in [0.25, 0.3) is 0 Å². The van der Waals surface area contributed by atoms with Gasteiger partial charge in [-0.25, -0.2) is 0 Å². The fraction of sp³-hybridized carbons (Fsp3) is 0.0588. The molecule has 2 heterocycles. The fourth-order valence-corrected chi connectivity index (χ4v) is 3.00. The van der Waals surface area contributed by atoms with E-state index in [1.54, 1.807) is 0 Å². The molecule has 0 radical (unpaired) electrons. The summed E-state index contributed by atoms with van der Waals surface area (Å²) in [7, 11) is 2.04. The molecule has 102 valence electrons. The van der Waals surface area contributed by atoms with Gasteiger partial charge >= 0.3 is 0 Å². The van der Waals surface area contributed by atoms with E-state index in [-0.39, 0.29) is 0 Å². The molecule has 21 heavy (non-hydrogen) atoms. The maximum absolute atomic E-state index is 6.16. The van der Waals surface area contributed by atoms with Crippen molar-refractivity contribution in [3.63, 3.8) is 0 Å². The number of aryl methyl sites for hydroxylation is 1. The molecular weight excluding hydrogens is 282 g/mol. The van der Waals surface area contributed by atoms with Crippen molar-refractivity contribution >= 4 is 33.3 Å². The average Bonchev–Trinajstić information content (AvgIpc) is 2.86. The first-order valence-electron chi connectivity index (χ1n) is 6.71. The molecule has 4 heteroatoms. The summed E-state index contributed by atoms with van der Waals surface area (Å²) in [6.07, 6.45) is 2.09. The zero-order valence-corrected chi connectivity index (χ0v) is 12.2. The Morgan fingerprint density at radius 3 is 2.33 bits per heavy atom. The van der Waals surface area contributed by atoms with Gasteiger partial charge in [0.15, 0.2) is 5.15 Å². The van der Waals surface area contributed by atoms with E-state index in [0.717, 1.165) is 22.0 Å². The van der Waals surface area contributed by atoms with Crippen molar-refractivity contribution in [3.8, 4) is 11.3 Å². The third kappa shape index (κ3) is 1.82. The summed E-state index contributed by atoms with van der Waals surface area (Å²) in [5, 5.41) is 12.0. The smallest absolute Gasteiger partial charge is 0.159 e. The van der Waals surface area contributed by atoms with Crippen molar-refractivity contribution in [2.45, 2.75) is 0 Å². The minimum atomic E-state index is 0.439. The predicted octanol–water partition coefficient (Wildman–Crippen LogP) is 4.44. The lowest BCUT2D eigenvalue weighted by Gasteiger charge is -2.05. The predicted molar refractivity (Wildman–Crippen MR) is 86.5 cm³/mol. The topological polar surface area (TPSA) is 30.7 Å². The first kappa shape index (κ1) is 12.4. The average molecular weight is 294 g/mol. The van der Waals surface area contributed by atoms with Gasteiger partial charge in [-0.3, -0.25) is 0 Å².